The standard InChI is InChI=1S/C19H20N2O5/c22-16(17-6-3-9-26-17)12-19(24)14-4-1-2-5-15(14)21(18(19)23)13-20-7-10-25-11-8-20/h1-6,9,24H,7-8,10-13H2/p+1/t19-/m0/s1. The quantitative estimate of drug-likeness (QED) is 0.734. The van der Waals surface area contributed by atoms with Crippen LogP contribution < -0.4 is 9.80 Å². The molecule has 7 nitrogen and oxygen atoms in total. The number of morpholine rings is 1. The van der Waals surface area contributed by atoms with Crippen molar-refractivity contribution >= 4 is 17.4 Å². The Morgan fingerprint density at radius 2 is 1.96 bits per heavy atom. The molecule has 1 saturated heterocycles. The molecule has 0 spiro atoms. The minimum atomic E-state index is -1.87. The molecule has 2 aromatic rings. The SMILES string of the molecule is O=C(C[C@@]1(O)C(=O)N(C[NH+]2CCOCC2)c2ccccc21)c1ccco1. The number of para-hydroxylation sites is 1. The summed E-state index contributed by atoms with van der Waals surface area (Å²) < 4.78 is 10.5. The Kier molecular flexibility index (Phi) is 4.36. The number of carbonyl (C=O) groups excluding carboxylic acids is 2. The van der Waals surface area contributed by atoms with E-state index >= 15 is 0 Å². The number of Topliss-reactive ketones (excluding diaryl/α,β-unsaturated/α-hetero) is 1. The van der Waals surface area contributed by atoms with Crippen LogP contribution in [0.3, 0.4) is 0 Å². The van der Waals surface area contributed by atoms with Gasteiger partial charge in [0.25, 0.3) is 5.91 Å². The van der Waals surface area contributed by atoms with E-state index in [1.807, 2.05) is 12.1 Å². The molecular weight excluding hydrogens is 336 g/mol. The topological polar surface area (TPSA) is 84.4 Å². The van der Waals surface area contributed by atoms with Crippen LogP contribution in [0, 0.1) is 0 Å². The summed E-state index contributed by atoms with van der Waals surface area (Å²) in [7, 11) is 0. The van der Waals surface area contributed by atoms with Gasteiger partial charge in [0.1, 0.15) is 13.1 Å². The lowest BCUT2D eigenvalue weighted by atomic mass is 9.89. The van der Waals surface area contributed by atoms with Crippen LogP contribution in [0.5, 0.6) is 0 Å². The van der Waals surface area contributed by atoms with Gasteiger partial charge in [-0.15, -0.1) is 0 Å². The second-order valence-corrected chi connectivity index (χ2v) is 6.71. The van der Waals surface area contributed by atoms with Gasteiger partial charge < -0.3 is 19.2 Å². The average Bonchev–Trinajstić information content (AvgIpc) is 3.26. The maximum Gasteiger partial charge on any atom is 0.268 e. The fourth-order valence-corrected chi connectivity index (χ4v) is 3.63. The number of ketones is 1. The normalized spacial score (nSPS) is 23.3. The van der Waals surface area contributed by atoms with Crippen molar-refractivity contribution in [3.05, 3.63) is 54.0 Å². The van der Waals surface area contributed by atoms with Gasteiger partial charge >= 0.3 is 0 Å². The van der Waals surface area contributed by atoms with Crippen LogP contribution in [0.15, 0.2) is 47.1 Å². The number of furan rings is 1. The first kappa shape index (κ1) is 17.0. The van der Waals surface area contributed by atoms with Crippen molar-refractivity contribution in [3.63, 3.8) is 0 Å². The Bertz CT molecular complexity index is 813. The summed E-state index contributed by atoms with van der Waals surface area (Å²) >= 11 is 0. The predicted octanol–water partition coefficient (Wildman–Crippen LogP) is -0.0406. The van der Waals surface area contributed by atoms with E-state index < -0.39 is 17.3 Å². The summed E-state index contributed by atoms with van der Waals surface area (Å²) in [6.07, 6.45) is 1.06. The van der Waals surface area contributed by atoms with Gasteiger partial charge in [0.05, 0.1) is 31.6 Å². The summed E-state index contributed by atoms with van der Waals surface area (Å²) in [4.78, 5) is 28.4. The second kappa shape index (κ2) is 6.68. The van der Waals surface area contributed by atoms with Crippen molar-refractivity contribution in [3.8, 4) is 0 Å². The Morgan fingerprint density at radius 1 is 1.19 bits per heavy atom. The Hall–Kier alpha value is -2.48. The highest BCUT2D eigenvalue weighted by molar-refractivity contribution is 6.10. The lowest BCUT2D eigenvalue weighted by Gasteiger charge is -2.29. The number of nitrogens with one attached hydrogen (secondary N) is 1. The van der Waals surface area contributed by atoms with Gasteiger partial charge in [-0.2, -0.15) is 0 Å². The van der Waals surface area contributed by atoms with E-state index in [-0.39, 0.29) is 12.2 Å². The summed E-state index contributed by atoms with van der Waals surface area (Å²) in [5.74, 6) is -0.722. The van der Waals surface area contributed by atoms with Crippen molar-refractivity contribution in [1.29, 1.82) is 0 Å². The summed E-state index contributed by atoms with van der Waals surface area (Å²) in [6.45, 7) is 3.35. The minimum Gasteiger partial charge on any atom is -0.461 e. The van der Waals surface area contributed by atoms with E-state index in [0.29, 0.717) is 31.1 Å². The molecule has 0 unspecified atom stereocenters. The van der Waals surface area contributed by atoms with Gasteiger partial charge in [0.2, 0.25) is 5.78 Å². The largest absolute Gasteiger partial charge is 0.461 e. The number of hydrogen-bond donors (Lipinski definition) is 2. The van der Waals surface area contributed by atoms with Crippen molar-refractivity contribution < 1.29 is 28.7 Å². The molecule has 26 heavy (non-hydrogen) atoms. The number of ether oxygens (including phenoxy) is 1. The number of quaternary nitrogens is 1. The molecule has 4 rings (SSSR count). The fourth-order valence-electron chi connectivity index (χ4n) is 3.63. The molecule has 1 atom stereocenters. The number of aliphatic hydroxyl groups is 1. The van der Waals surface area contributed by atoms with Crippen LogP contribution in [-0.4, -0.2) is 49.8 Å². The van der Waals surface area contributed by atoms with Crippen molar-refractivity contribution in [1.82, 2.24) is 0 Å². The zero-order valence-corrected chi connectivity index (χ0v) is 14.3. The van der Waals surface area contributed by atoms with Crippen molar-refractivity contribution in [2.75, 3.05) is 37.9 Å². The molecule has 1 aromatic heterocycles. The first-order valence-corrected chi connectivity index (χ1v) is 8.71. The smallest absolute Gasteiger partial charge is 0.268 e. The van der Waals surface area contributed by atoms with Crippen LogP contribution in [0.25, 0.3) is 0 Å². The number of amides is 1. The molecule has 136 valence electrons. The number of fused-ring (bicyclic) bond motifs is 1. The van der Waals surface area contributed by atoms with Crippen LogP contribution >= 0.6 is 0 Å². The zero-order valence-electron chi connectivity index (χ0n) is 14.3. The second-order valence-electron chi connectivity index (χ2n) is 6.71. The lowest BCUT2D eigenvalue weighted by molar-refractivity contribution is -0.906. The van der Waals surface area contributed by atoms with Crippen LogP contribution in [-0.2, 0) is 15.1 Å². The summed E-state index contributed by atoms with van der Waals surface area (Å²) in [6, 6.07) is 10.2. The van der Waals surface area contributed by atoms with Gasteiger partial charge in [-0.25, -0.2) is 0 Å². The van der Waals surface area contributed by atoms with Gasteiger partial charge in [0.15, 0.2) is 18.0 Å². The summed E-state index contributed by atoms with van der Waals surface area (Å²) in [5.41, 5.74) is -0.740. The molecule has 0 radical (unpaired) electrons. The number of nitrogens with zero attached hydrogens (tertiary/aromatic N) is 1. The van der Waals surface area contributed by atoms with Gasteiger partial charge in [-0.3, -0.25) is 14.5 Å². The number of rotatable bonds is 5. The number of hydrogen-bond acceptors (Lipinski definition) is 5. The number of carbonyl (C=O) groups is 2. The predicted molar refractivity (Wildman–Crippen MR) is 91.9 cm³/mol. The molecule has 0 aliphatic carbocycles. The third-order valence-corrected chi connectivity index (χ3v) is 5.03. The maximum absolute atomic E-state index is 13.1. The fraction of sp³-hybridized carbons (Fsp3) is 0.368. The van der Waals surface area contributed by atoms with E-state index in [4.69, 9.17) is 9.15 Å². The van der Waals surface area contributed by atoms with Crippen LogP contribution in [0.4, 0.5) is 5.69 Å². The molecule has 1 fully saturated rings. The molecule has 2 aliphatic heterocycles. The lowest BCUT2D eigenvalue weighted by Crippen LogP contribution is -3.15. The highest BCUT2D eigenvalue weighted by Gasteiger charge is 2.52. The van der Waals surface area contributed by atoms with Crippen molar-refractivity contribution in [2.45, 2.75) is 12.0 Å². The number of benzene rings is 1. The third-order valence-electron chi connectivity index (χ3n) is 5.03. The van der Waals surface area contributed by atoms with E-state index in [1.54, 1.807) is 23.1 Å². The average molecular weight is 357 g/mol. The minimum absolute atomic E-state index is 0.140. The maximum atomic E-state index is 13.1. The van der Waals surface area contributed by atoms with E-state index in [0.717, 1.165) is 13.1 Å². The monoisotopic (exact) mass is 357 g/mol. The van der Waals surface area contributed by atoms with Gasteiger partial charge in [-0.05, 0) is 18.2 Å². The first-order chi connectivity index (χ1) is 12.6. The number of anilines is 1. The highest BCUT2D eigenvalue weighted by Crippen LogP contribution is 2.42. The first-order valence-electron chi connectivity index (χ1n) is 8.71. The Labute approximate surface area is 150 Å². The molecule has 1 aromatic carbocycles. The molecule has 3 heterocycles. The van der Waals surface area contributed by atoms with Crippen LogP contribution in [0.2, 0.25) is 0 Å². The Balaban J connectivity index is 1.63. The molecule has 0 saturated carbocycles. The molecule has 1 amide bonds. The molecule has 7 heteroatoms. The third kappa shape index (κ3) is 2.84. The van der Waals surface area contributed by atoms with Gasteiger partial charge in [-0.1, -0.05) is 18.2 Å². The van der Waals surface area contributed by atoms with E-state index in [1.165, 1.54) is 17.2 Å². The Morgan fingerprint density at radius 3 is 2.69 bits per heavy atom. The van der Waals surface area contributed by atoms with Gasteiger partial charge in [0, 0.05) is 5.56 Å². The highest BCUT2D eigenvalue weighted by atomic mass is 16.5. The van der Waals surface area contributed by atoms with Crippen molar-refractivity contribution in [2.24, 2.45) is 0 Å². The van der Waals surface area contributed by atoms with E-state index in [2.05, 4.69) is 0 Å². The zero-order chi connectivity index (χ0) is 18.1. The summed E-state index contributed by atoms with van der Waals surface area (Å²) in [5, 5.41) is 11.2. The molecule has 2 N–H and O–H groups in total. The van der Waals surface area contributed by atoms with E-state index in [9.17, 15) is 14.7 Å². The van der Waals surface area contributed by atoms with Crippen LogP contribution in [0.1, 0.15) is 22.5 Å². The molecular formula is C19H21N2O5+. The molecule has 2 aliphatic rings. The molecule has 0 bridgehead atoms.